The molecule has 4 aromatic rings. The minimum Gasteiger partial charge on any atom is -0.383 e. The molecule has 11 heteroatoms. The SMILES string of the molecule is C=CC(=O)N1CC2CC1C(n1nc(-c3ccc(C(=O)Nc4ccccn4)cc3F)c3c(N)ncnc31)C2. The first-order valence-electron chi connectivity index (χ1n) is 11.9. The van der Waals surface area contributed by atoms with Gasteiger partial charge in [-0.3, -0.25) is 9.59 Å². The smallest absolute Gasteiger partial charge is 0.256 e. The van der Waals surface area contributed by atoms with Gasteiger partial charge in [0.25, 0.3) is 5.91 Å². The molecule has 186 valence electrons. The second-order valence-corrected chi connectivity index (χ2v) is 9.28. The number of nitrogen functional groups attached to an aromatic ring is 1. The monoisotopic (exact) mass is 498 g/mol. The molecule has 1 saturated heterocycles. The fourth-order valence-corrected chi connectivity index (χ4v) is 5.51. The summed E-state index contributed by atoms with van der Waals surface area (Å²) in [6, 6.07) is 9.07. The zero-order chi connectivity index (χ0) is 25.7. The predicted octanol–water partition coefficient (Wildman–Crippen LogP) is 3.21. The van der Waals surface area contributed by atoms with Gasteiger partial charge in [-0.25, -0.2) is 24.0 Å². The average molecular weight is 499 g/mol. The van der Waals surface area contributed by atoms with E-state index in [2.05, 4.69) is 26.8 Å². The average Bonchev–Trinajstić information content (AvgIpc) is 3.62. The van der Waals surface area contributed by atoms with Gasteiger partial charge in [0.2, 0.25) is 5.91 Å². The number of carbonyl (C=O) groups excluding carboxylic acids is 2. The summed E-state index contributed by atoms with van der Waals surface area (Å²) in [4.78, 5) is 39.4. The highest BCUT2D eigenvalue weighted by molar-refractivity contribution is 6.04. The summed E-state index contributed by atoms with van der Waals surface area (Å²) in [5.74, 6) is -0.370. The number of aromatic nitrogens is 5. The maximum absolute atomic E-state index is 15.5. The van der Waals surface area contributed by atoms with Gasteiger partial charge in [0, 0.05) is 23.9 Å². The lowest BCUT2D eigenvalue weighted by atomic mass is 10.1. The second kappa shape index (κ2) is 8.77. The van der Waals surface area contributed by atoms with Gasteiger partial charge in [0.1, 0.15) is 29.5 Å². The van der Waals surface area contributed by atoms with E-state index >= 15 is 4.39 Å². The molecule has 0 spiro atoms. The van der Waals surface area contributed by atoms with Gasteiger partial charge >= 0.3 is 0 Å². The van der Waals surface area contributed by atoms with Crippen LogP contribution in [0.2, 0.25) is 0 Å². The maximum atomic E-state index is 15.5. The number of hydrogen-bond donors (Lipinski definition) is 2. The predicted molar refractivity (Wildman–Crippen MR) is 135 cm³/mol. The van der Waals surface area contributed by atoms with Crippen LogP contribution in [0.25, 0.3) is 22.3 Å². The third kappa shape index (κ3) is 3.79. The summed E-state index contributed by atoms with van der Waals surface area (Å²) in [6.07, 6.45) is 5.90. The number of rotatable bonds is 5. The molecule has 1 aliphatic heterocycles. The van der Waals surface area contributed by atoms with Gasteiger partial charge in [-0.1, -0.05) is 12.6 Å². The number of anilines is 2. The Hall–Kier alpha value is -4.67. The number of hydrogen-bond acceptors (Lipinski definition) is 7. The van der Waals surface area contributed by atoms with Crippen molar-refractivity contribution in [3.63, 3.8) is 0 Å². The van der Waals surface area contributed by atoms with Crippen LogP contribution in [0.1, 0.15) is 29.2 Å². The van der Waals surface area contributed by atoms with Crippen LogP contribution in [0.5, 0.6) is 0 Å². The van der Waals surface area contributed by atoms with Gasteiger partial charge in [0.05, 0.1) is 17.5 Å². The fraction of sp³-hybridized carbons (Fsp3) is 0.231. The van der Waals surface area contributed by atoms with E-state index in [1.165, 1.54) is 24.5 Å². The lowest BCUT2D eigenvalue weighted by Crippen LogP contribution is -2.42. The van der Waals surface area contributed by atoms with Crippen molar-refractivity contribution in [2.45, 2.75) is 24.9 Å². The minimum absolute atomic E-state index is 0.0647. The molecule has 3 atom stereocenters. The molecule has 1 aliphatic carbocycles. The number of carbonyl (C=O) groups is 2. The molecule has 3 N–H and O–H groups in total. The van der Waals surface area contributed by atoms with Crippen molar-refractivity contribution >= 4 is 34.5 Å². The minimum atomic E-state index is -0.639. The first kappa shape index (κ1) is 22.8. The number of amides is 2. The quantitative estimate of drug-likeness (QED) is 0.404. The van der Waals surface area contributed by atoms with E-state index in [0.717, 1.165) is 18.9 Å². The van der Waals surface area contributed by atoms with Gasteiger partial charge < -0.3 is 16.0 Å². The number of nitrogens with two attached hydrogens (primary N) is 1. The van der Waals surface area contributed by atoms with Crippen molar-refractivity contribution in [1.29, 1.82) is 0 Å². The highest BCUT2D eigenvalue weighted by Crippen LogP contribution is 2.46. The third-order valence-corrected chi connectivity index (χ3v) is 7.13. The maximum Gasteiger partial charge on any atom is 0.256 e. The van der Waals surface area contributed by atoms with Crippen molar-refractivity contribution in [3.8, 4) is 11.3 Å². The standard InChI is InChI=1S/C26H23FN8O2/c1-2-21(36)34-12-14-9-18(34)19(10-14)35-25-22(24(28)30-13-31-25)23(33-35)16-7-6-15(11-17(16)27)26(37)32-20-5-3-4-8-29-20/h2-8,11,13-14,18-19H,1,9-10,12H2,(H2,28,30,31)(H,29,32,37). The number of fused-ring (bicyclic) bond motifs is 3. The Morgan fingerprint density at radius 1 is 1.14 bits per heavy atom. The lowest BCUT2D eigenvalue weighted by molar-refractivity contribution is -0.128. The van der Waals surface area contributed by atoms with Crippen LogP contribution in [0.4, 0.5) is 16.0 Å². The number of benzene rings is 1. The van der Waals surface area contributed by atoms with E-state index < -0.39 is 11.7 Å². The Bertz CT molecular complexity index is 1550. The Kier molecular flexibility index (Phi) is 5.40. The first-order chi connectivity index (χ1) is 17.9. The highest BCUT2D eigenvalue weighted by atomic mass is 19.1. The molecule has 1 aromatic carbocycles. The highest BCUT2D eigenvalue weighted by Gasteiger charge is 2.48. The second-order valence-electron chi connectivity index (χ2n) is 9.28. The number of nitrogens with zero attached hydrogens (tertiary/aromatic N) is 6. The van der Waals surface area contributed by atoms with Gasteiger partial charge in [-0.15, -0.1) is 0 Å². The van der Waals surface area contributed by atoms with Crippen LogP contribution in [0.15, 0.2) is 61.6 Å². The zero-order valence-corrected chi connectivity index (χ0v) is 19.7. The molecule has 2 fully saturated rings. The van der Waals surface area contributed by atoms with E-state index in [1.807, 2.05) is 4.90 Å². The van der Waals surface area contributed by atoms with E-state index in [1.54, 1.807) is 29.1 Å². The molecule has 10 nitrogen and oxygen atoms in total. The van der Waals surface area contributed by atoms with E-state index in [-0.39, 0.29) is 40.6 Å². The molecule has 2 aliphatic rings. The van der Waals surface area contributed by atoms with E-state index in [9.17, 15) is 9.59 Å². The largest absolute Gasteiger partial charge is 0.383 e. The number of nitrogens with one attached hydrogen (secondary N) is 1. The zero-order valence-electron chi connectivity index (χ0n) is 19.7. The summed E-state index contributed by atoms with van der Waals surface area (Å²) >= 11 is 0. The number of piperidine rings is 1. The summed E-state index contributed by atoms with van der Waals surface area (Å²) < 4.78 is 17.2. The third-order valence-electron chi connectivity index (χ3n) is 7.13. The molecule has 3 unspecified atom stereocenters. The van der Waals surface area contributed by atoms with Gasteiger partial charge in [-0.2, -0.15) is 5.10 Å². The van der Waals surface area contributed by atoms with Crippen LogP contribution in [0.3, 0.4) is 0 Å². The molecule has 37 heavy (non-hydrogen) atoms. The Morgan fingerprint density at radius 3 is 2.70 bits per heavy atom. The van der Waals surface area contributed by atoms with Crippen molar-refractivity contribution in [2.24, 2.45) is 5.92 Å². The van der Waals surface area contributed by atoms with Crippen LogP contribution < -0.4 is 11.1 Å². The van der Waals surface area contributed by atoms with Gasteiger partial charge in [0.15, 0.2) is 5.65 Å². The first-order valence-corrected chi connectivity index (χ1v) is 11.9. The lowest BCUT2D eigenvalue weighted by Gasteiger charge is -2.32. The van der Waals surface area contributed by atoms with E-state index in [4.69, 9.17) is 10.8 Å². The van der Waals surface area contributed by atoms with Gasteiger partial charge in [-0.05, 0) is 55.2 Å². The summed E-state index contributed by atoms with van der Waals surface area (Å²) in [5, 5.41) is 7.83. The molecule has 2 amide bonds. The fourth-order valence-electron chi connectivity index (χ4n) is 5.51. The molecule has 3 aromatic heterocycles. The van der Waals surface area contributed by atoms with Crippen LogP contribution in [-0.2, 0) is 4.79 Å². The Labute approximate surface area is 211 Å². The number of pyridine rings is 1. The summed E-state index contributed by atoms with van der Waals surface area (Å²) in [5.41, 5.74) is 7.28. The molecule has 0 radical (unpaired) electrons. The van der Waals surface area contributed by atoms with Crippen molar-refractivity contribution in [3.05, 3.63) is 73.0 Å². The molecular formula is C26H23FN8O2. The molecule has 6 rings (SSSR count). The Balaban J connectivity index is 1.38. The van der Waals surface area contributed by atoms with Crippen LogP contribution >= 0.6 is 0 Å². The van der Waals surface area contributed by atoms with Crippen LogP contribution in [0, 0.1) is 11.7 Å². The van der Waals surface area contributed by atoms with Crippen molar-refractivity contribution in [2.75, 3.05) is 17.6 Å². The van der Waals surface area contributed by atoms with E-state index in [0.29, 0.717) is 29.3 Å². The normalized spacial score (nSPS) is 20.4. The summed E-state index contributed by atoms with van der Waals surface area (Å²) in [7, 11) is 0. The topological polar surface area (TPSA) is 132 Å². The molecule has 1 saturated carbocycles. The summed E-state index contributed by atoms with van der Waals surface area (Å²) in [6.45, 7) is 4.31. The number of likely N-dealkylation sites (tertiary alicyclic amines) is 1. The molecular weight excluding hydrogens is 475 g/mol. The van der Waals surface area contributed by atoms with Crippen molar-refractivity contribution < 1.29 is 14.0 Å². The molecule has 2 bridgehead atoms. The van der Waals surface area contributed by atoms with Crippen LogP contribution in [-0.4, -0.2) is 54.0 Å². The van der Waals surface area contributed by atoms with Crippen molar-refractivity contribution in [1.82, 2.24) is 29.6 Å². The Morgan fingerprint density at radius 2 is 1.97 bits per heavy atom. The molecule has 4 heterocycles. The number of halogens is 1.